The van der Waals surface area contributed by atoms with Crippen LogP contribution in [0.5, 0.6) is 5.75 Å². The second kappa shape index (κ2) is 9.12. The predicted octanol–water partition coefficient (Wildman–Crippen LogP) is 3.08. The van der Waals surface area contributed by atoms with Gasteiger partial charge < -0.3 is 15.4 Å². The van der Waals surface area contributed by atoms with Gasteiger partial charge in [0.1, 0.15) is 12.4 Å². The third kappa shape index (κ3) is 4.80. The Labute approximate surface area is 179 Å². The average molecular weight is 409 g/mol. The molecule has 4 bridgehead atoms. The van der Waals surface area contributed by atoms with Gasteiger partial charge in [0.05, 0.1) is 0 Å². The minimum atomic E-state index is -0.138. The van der Waals surface area contributed by atoms with Crippen molar-refractivity contribution in [1.82, 2.24) is 10.6 Å². The first-order valence-electron chi connectivity index (χ1n) is 11.3. The molecule has 0 unspecified atom stereocenters. The van der Waals surface area contributed by atoms with E-state index in [-0.39, 0.29) is 23.8 Å². The fourth-order valence-electron chi connectivity index (χ4n) is 6.18. The molecule has 0 radical (unpaired) electrons. The summed E-state index contributed by atoms with van der Waals surface area (Å²) in [6, 6.07) is 7.72. The SMILES string of the molecule is C#CCOc1ccc(CCNC(=O)CCNC(=O)C23CC4CC(CC(C4)C2)C3)cc1. The maximum Gasteiger partial charge on any atom is 0.226 e. The van der Waals surface area contributed by atoms with Gasteiger partial charge in [-0.2, -0.15) is 0 Å². The van der Waals surface area contributed by atoms with Crippen molar-refractivity contribution in [3.05, 3.63) is 29.8 Å². The lowest BCUT2D eigenvalue weighted by atomic mass is 9.49. The van der Waals surface area contributed by atoms with Gasteiger partial charge in [-0.25, -0.2) is 0 Å². The number of carbonyl (C=O) groups excluding carboxylic acids is 2. The molecule has 2 amide bonds. The zero-order valence-electron chi connectivity index (χ0n) is 17.6. The number of hydrogen-bond acceptors (Lipinski definition) is 3. The van der Waals surface area contributed by atoms with E-state index < -0.39 is 0 Å². The average Bonchev–Trinajstić information content (AvgIpc) is 2.72. The standard InChI is InChI=1S/C25H32N2O3/c1-2-11-30-22-5-3-18(4-6-22)7-9-26-23(28)8-10-27-24(29)25-15-19-12-20(16-25)14-21(13-19)17-25/h1,3-6,19-21H,7-17H2,(H,26,28)(H,27,29). The van der Waals surface area contributed by atoms with Crippen molar-refractivity contribution in [2.24, 2.45) is 23.2 Å². The highest BCUT2D eigenvalue weighted by Crippen LogP contribution is 2.60. The fourth-order valence-corrected chi connectivity index (χ4v) is 6.18. The molecule has 4 saturated carbocycles. The van der Waals surface area contributed by atoms with Crippen molar-refractivity contribution in [2.45, 2.75) is 51.4 Å². The number of rotatable bonds is 9. The molecule has 4 aliphatic rings. The third-order valence-electron chi connectivity index (χ3n) is 7.14. The number of benzene rings is 1. The lowest BCUT2D eigenvalue weighted by Crippen LogP contribution is -2.53. The van der Waals surface area contributed by atoms with Crippen molar-refractivity contribution in [3.63, 3.8) is 0 Å². The topological polar surface area (TPSA) is 67.4 Å². The Hall–Kier alpha value is -2.48. The van der Waals surface area contributed by atoms with E-state index in [0.29, 0.717) is 19.5 Å². The summed E-state index contributed by atoms with van der Waals surface area (Å²) in [6.07, 6.45) is 13.4. The summed E-state index contributed by atoms with van der Waals surface area (Å²) >= 11 is 0. The van der Waals surface area contributed by atoms with Gasteiger partial charge in [-0.3, -0.25) is 9.59 Å². The van der Waals surface area contributed by atoms with Crippen LogP contribution in [0.2, 0.25) is 0 Å². The van der Waals surface area contributed by atoms with Gasteiger partial charge in [0.25, 0.3) is 0 Å². The van der Waals surface area contributed by atoms with E-state index in [1.807, 2.05) is 24.3 Å². The van der Waals surface area contributed by atoms with Gasteiger partial charge in [0.2, 0.25) is 11.8 Å². The van der Waals surface area contributed by atoms with Gasteiger partial charge in [-0.1, -0.05) is 18.1 Å². The van der Waals surface area contributed by atoms with E-state index in [4.69, 9.17) is 11.2 Å². The molecular formula is C25H32N2O3. The number of ether oxygens (including phenoxy) is 1. The van der Waals surface area contributed by atoms with Crippen LogP contribution in [-0.2, 0) is 16.0 Å². The molecule has 30 heavy (non-hydrogen) atoms. The van der Waals surface area contributed by atoms with Crippen molar-refractivity contribution >= 4 is 11.8 Å². The lowest BCUT2D eigenvalue weighted by Gasteiger charge is -2.55. The van der Waals surface area contributed by atoms with Crippen LogP contribution in [0.4, 0.5) is 0 Å². The van der Waals surface area contributed by atoms with E-state index in [1.54, 1.807) is 0 Å². The summed E-state index contributed by atoms with van der Waals surface area (Å²) in [7, 11) is 0. The van der Waals surface area contributed by atoms with Crippen molar-refractivity contribution < 1.29 is 14.3 Å². The first kappa shape index (κ1) is 20.8. The minimum absolute atomic E-state index is 0.0187. The molecule has 0 spiro atoms. The van der Waals surface area contributed by atoms with Crippen molar-refractivity contribution in [2.75, 3.05) is 19.7 Å². The smallest absolute Gasteiger partial charge is 0.226 e. The Morgan fingerprint density at radius 3 is 2.23 bits per heavy atom. The maximum atomic E-state index is 12.9. The number of hydrogen-bond donors (Lipinski definition) is 2. The van der Waals surface area contributed by atoms with Crippen LogP contribution in [0.1, 0.15) is 50.5 Å². The molecule has 0 aliphatic heterocycles. The zero-order chi connectivity index (χ0) is 21.0. The van der Waals surface area contributed by atoms with Crippen LogP contribution in [0.3, 0.4) is 0 Å². The molecule has 0 heterocycles. The number of amides is 2. The lowest BCUT2D eigenvalue weighted by molar-refractivity contribution is -0.146. The van der Waals surface area contributed by atoms with Gasteiger partial charge in [0, 0.05) is 24.9 Å². The van der Waals surface area contributed by atoms with E-state index >= 15 is 0 Å². The highest BCUT2D eigenvalue weighted by Gasteiger charge is 2.54. The largest absolute Gasteiger partial charge is 0.481 e. The van der Waals surface area contributed by atoms with Crippen LogP contribution in [0.25, 0.3) is 0 Å². The van der Waals surface area contributed by atoms with E-state index in [9.17, 15) is 9.59 Å². The minimum Gasteiger partial charge on any atom is -0.481 e. The Kier molecular flexibility index (Phi) is 6.32. The second-order valence-corrected chi connectivity index (χ2v) is 9.44. The third-order valence-corrected chi connectivity index (χ3v) is 7.14. The van der Waals surface area contributed by atoms with Gasteiger partial charge >= 0.3 is 0 Å². The molecule has 160 valence electrons. The Morgan fingerprint density at radius 1 is 1.00 bits per heavy atom. The van der Waals surface area contributed by atoms with E-state index in [0.717, 1.165) is 54.7 Å². The molecule has 0 atom stereocenters. The maximum absolute atomic E-state index is 12.9. The Morgan fingerprint density at radius 2 is 1.63 bits per heavy atom. The summed E-state index contributed by atoms with van der Waals surface area (Å²) in [6.45, 7) is 1.26. The molecule has 2 N–H and O–H groups in total. The van der Waals surface area contributed by atoms with Crippen LogP contribution in [0, 0.1) is 35.5 Å². The molecule has 5 heteroatoms. The molecule has 0 saturated heterocycles. The summed E-state index contributed by atoms with van der Waals surface area (Å²) in [5.41, 5.74) is 0.986. The van der Waals surface area contributed by atoms with Gasteiger partial charge in [-0.15, -0.1) is 6.42 Å². The van der Waals surface area contributed by atoms with Gasteiger partial charge in [-0.05, 0) is 80.4 Å². The second-order valence-electron chi connectivity index (χ2n) is 9.44. The molecule has 4 aliphatic carbocycles. The Bertz CT molecular complexity index is 773. The molecular weight excluding hydrogens is 376 g/mol. The molecule has 1 aromatic carbocycles. The first-order valence-corrected chi connectivity index (χ1v) is 11.3. The molecule has 1 aromatic rings. The first-order chi connectivity index (χ1) is 14.6. The fraction of sp³-hybridized carbons (Fsp3) is 0.600. The predicted molar refractivity (Wildman–Crippen MR) is 116 cm³/mol. The van der Waals surface area contributed by atoms with Crippen molar-refractivity contribution in [1.29, 1.82) is 0 Å². The quantitative estimate of drug-likeness (QED) is 0.617. The van der Waals surface area contributed by atoms with Crippen LogP contribution in [0.15, 0.2) is 24.3 Å². The summed E-state index contributed by atoms with van der Waals surface area (Å²) in [4.78, 5) is 25.0. The highest BCUT2D eigenvalue weighted by molar-refractivity contribution is 5.84. The van der Waals surface area contributed by atoms with Crippen molar-refractivity contribution in [3.8, 4) is 18.1 Å². The monoisotopic (exact) mass is 408 g/mol. The van der Waals surface area contributed by atoms with Crippen LogP contribution >= 0.6 is 0 Å². The van der Waals surface area contributed by atoms with E-state index in [1.165, 1.54) is 19.3 Å². The summed E-state index contributed by atoms with van der Waals surface area (Å²) in [5, 5.41) is 6.02. The van der Waals surface area contributed by atoms with E-state index in [2.05, 4.69) is 16.6 Å². The number of nitrogens with one attached hydrogen (secondary N) is 2. The molecule has 4 fully saturated rings. The van der Waals surface area contributed by atoms with Crippen LogP contribution < -0.4 is 15.4 Å². The summed E-state index contributed by atoms with van der Waals surface area (Å²) in [5.74, 6) is 5.62. The number of terminal acetylenes is 1. The molecule has 0 aromatic heterocycles. The zero-order valence-corrected chi connectivity index (χ0v) is 17.6. The van der Waals surface area contributed by atoms with Crippen LogP contribution in [-0.4, -0.2) is 31.5 Å². The number of carbonyl (C=O) groups is 2. The molecule has 5 nitrogen and oxygen atoms in total. The molecule has 5 rings (SSSR count). The van der Waals surface area contributed by atoms with Gasteiger partial charge in [0.15, 0.2) is 0 Å². The summed E-state index contributed by atoms with van der Waals surface area (Å²) < 4.78 is 5.35. The highest BCUT2D eigenvalue weighted by atomic mass is 16.5. The normalized spacial score (nSPS) is 28.6. The Balaban J connectivity index is 1.14.